The van der Waals surface area contributed by atoms with Crippen molar-refractivity contribution in [3.8, 4) is 0 Å². The molecule has 1 aliphatic carbocycles. The minimum absolute atomic E-state index is 0.0448. The second-order valence-electron chi connectivity index (χ2n) is 4.99. The van der Waals surface area contributed by atoms with Gasteiger partial charge in [-0.05, 0) is 18.9 Å². The summed E-state index contributed by atoms with van der Waals surface area (Å²) >= 11 is 0. The normalized spacial score (nSPS) is 19.4. The number of aromatic nitrogens is 2. The monoisotopic (exact) mass is 237 g/mol. The predicted molar refractivity (Wildman–Crippen MR) is 67.7 cm³/mol. The summed E-state index contributed by atoms with van der Waals surface area (Å²) in [5.74, 6) is 0. The van der Waals surface area contributed by atoms with Crippen molar-refractivity contribution in [1.29, 1.82) is 0 Å². The first-order chi connectivity index (χ1) is 8.26. The molecular formula is C13H23N3O. The van der Waals surface area contributed by atoms with Crippen molar-refractivity contribution in [3.05, 3.63) is 18.0 Å². The van der Waals surface area contributed by atoms with Gasteiger partial charge in [-0.1, -0.05) is 19.3 Å². The highest BCUT2D eigenvalue weighted by atomic mass is 16.5. The van der Waals surface area contributed by atoms with Gasteiger partial charge in [-0.15, -0.1) is 0 Å². The Hall–Kier alpha value is -0.870. The number of ether oxygens (including phenoxy) is 1. The highest BCUT2D eigenvalue weighted by Gasteiger charge is 2.31. The zero-order chi connectivity index (χ0) is 12.1. The van der Waals surface area contributed by atoms with Crippen molar-refractivity contribution in [2.75, 3.05) is 13.2 Å². The molecule has 0 atom stereocenters. The van der Waals surface area contributed by atoms with Gasteiger partial charge in [-0.3, -0.25) is 4.68 Å². The van der Waals surface area contributed by atoms with Crippen LogP contribution in [-0.2, 0) is 18.2 Å². The minimum atomic E-state index is -0.0448. The molecule has 1 fully saturated rings. The van der Waals surface area contributed by atoms with Gasteiger partial charge in [0.05, 0.1) is 12.2 Å². The zero-order valence-corrected chi connectivity index (χ0v) is 10.7. The third-order valence-electron chi connectivity index (χ3n) is 3.83. The van der Waals surface area contributed by atoms with Gasteiger partial charge in [-0.2, -0.15) is 5.10 Å². The van der Waals surface area contributed by atoms with E-state index < -0.39 is 0 Å². The summed E-state index contributed by atoms with van der Waals surface area (Å²) in [7, 11) is 1.97. The van der Waals surface area contributed by atoms with E-state index in [9.17, 15) is 0 Å². The molecule has 1 aliphatic rings. The summed E-state index contributed by atoms with van der Waals surface area (Å²) < 4.78 is 7.98. The highest BCUT2D eigenvalue weighted by molar-refractivity contribution is 5.00. The fourth-order valence-electron chi connectivity index (χ4n) is 2.62. The molecule has 0 amide bonds. The maximum Gasteiger partial charge on any atom is 0.0804 e. The number of nitrogens with two attached hydrogens (primary N) is 1. The SMILES string of the molecule is Cn1nccc1CCOC1(CN)CCCCC1. The number of rotatable bonds is 5. The van der Waals surface area contributed by atoms with Crippen molar-refractivity contribution >= 4 is 0 Å². The van der Waals surface area contributed by atoms with E-state index in [0.717, 1.165) is 25.9 Å². The van der Waals surface area contributed by atoms with Crippen LogP contribution in [-0.4, -0.2) is 28.5 Å². The van der Waals surface area contributed by atoms with Crippen LogP contribution in [0.15, 0.2) is 12.3 Å². The summed E-state index contributed by atoms with van der Waals surface area (Å²) in [6, 6.07) is 2.04. The lowest BCUT2D eigenvalue weighted by molar-refractivity contribution is -0.0621. The fourth-order valence-corrected chi connectivity index (χ4v) is 2.62. The van der Waals surface area contributed by atoms with Gasteiger partial charge in [-0.25, -0.2) is 0 Å². The molecule has 4 heteroatoms. The van der Waals surface area contributed by atoms with Gasteiger partial charge in [0.25, 0.3) is 0 Å². The van der Waals surface area contributed by atoms with Gasteiger partial charge in [0.2, 0.25) is 0 Å². The molecule has 0 aromatic carbocycles. The van der Waals surface area contributed by atoms with Crippen LogP contribution in [0.25, 0.3) is 0 Å². The minimum Gasteiger partial charge on any atom is -0.373 e. The van der Waals surface area contributed by atoms with Gasteiger partial charge >= 0.3 is 0 Å². The molecule has 1 aromatic heterocycles. The second-order valence-corrected chi connectivity index (χ2v) is 4.99. The van der Waals surface area contributed by atoms with Gasteiger partial charge < -0.3 is 10.5 Å². The summed E-state index contributed by atoms with van der Waals surface area (Å²) in [6.07, 6.45) is 8.81. The Morgan fingerprint density at radius 3 is 2.76 bits per heavy atom. The lowest BCUT2D eigenvalue weighted by Gasteiger charge is -2.36. The molecule has 0 saturated heterocycles. The summed E-state index contributed by atoms with van der Waals surface area (Å²) in [4.78, 5) is 0. The third-order valence-corrected chi connectivity index (χ3v) is 3.83. The Morgan fingerprint density at radius 2 is 2.18 bits per heavy atom. The second kappa shape index (κ2) is 5.65. The molecule has 0 unspecified atom stereocenters. The Bertz CT molecular complexity index is 342. The number of hydrogen-bond acceptors (Lipinski definition) is 3. The smallest absolute Gasteiger partial charge is 0.0804 e. The van der Waals surface area contributed by atoms with Crippen molar-refractivity contribution < 1.29 is 4.74 Å². The van der Waals surface area contributed by atoms with E-state index in [0.29, 0.717) is 6.54 Å². The predicted octanol–water partition coefficient (Wildman–Crippen LogP) is 1.64. The van der Waals surface area contributed by atoms with Crippen LogP contribution in [0.3, 0.4) is 0 Å². The first-order valence-corrected chi connectivity index (χ1v) is 6.57. The van der Waals surface area contributed by atoms with Crippen LogP contribution < -0.4 is 5.73 Å². The largest absolute Gasteiger partial charge is 0.373 e. The molecule has 17 heavy (non-hydrogen) atoms. The average molecular weight is 237 g/mol. The van der Waals surface area contributed by atoms with Crippen LogP contribution in [0.5, 0.6) is 0 Å². The lowest BCUT2D eigenvalue weighted by atomic mass is 9.84. The first-order valence-electron chi connectivity index (χ1n) is 6.57. The zero-order valence-electron chi connectivity index (χ0n) is 10.7. The summed E-state index contributed by atoms with van der Waals surface area (Å²) in [5.41, 5.74) is 7.06. The number of hydrogen-bond donors (Lipinski definition) is 1. The Kier molecular flexibility index (Phi) is 4.18. The van der Waals surface area contributed by atoms with E-state index in [1.54, 1.807) is 0 Å². The lowest BCUT2D eigenvalue weighted by Crippen LogP contribution is -2.43. The first kappa shape index (κ1) is 12.6. The summed E-state index contributed by atoms with van der Waals surface area (Å²) in [5, 5.41) is 4.16. The maximum absolute atomic E-state index is 6.08. The Labute approximate surface area is 103 Å². The Balaban J connectivity index is 1.82. The van der Waals surface area contributed by atoms with E-state index in [-0.39, 0.29) is 5.60 Å². The fraction of sp³-hybridized carbons (Fsp3) is 0.769. The standard InChI is InChI=1S/C13H23N3O/c1-16-12(5-9-15-16)6-10-17-13(11-14)7-3-2-4-8-13/h5,9H,2-4,6-8,10-11,14H2,1H3. The number of aryl methyl sites for hydroxylation is 1. The van der Waals surface area contributed by atoms with Crippen molar-refractivity contribution in [2.45, 2.75) is 44.1 Å². The molecule has 1 saturated carbocycles. The van der Waals surface area contributed by atoms with Crippen LogP contribution in [0.4, 0.5) is 0 Å². The average Bonchev–Trinajstić information content (AvgIpc) is 2.76. The van der Waals surface area contributed by atoms with Gasteiger partial charge in [0.1, 0.15) is 0 Å². The highest BCUT2D eigenvalue weighted by Crippen LogP contribution is 2.30. The molecule has 2 rings (SSSR count). The van der Waals surface area contributed by atoms with Crippen LogP contribution in [0, 0.1) is 0 Å². The molecule has 1 aromatic rings. The van der Waals surface area contributed by atoms with E-state index in [4.69, 9.17) is 10.5 Å². The Morgan fingerprint density at radius 1 is 1.41 bits per heavy atom. The maximum atomic E-state index is 6.08. The third kappa shape index (κ3) is 3.07. The molecule has 0 spiro atoms. The van der Waals surface area contributed by atoms with E-state index in [1.807, 2.05) is 24.0 Å². The van der Waals surface area contributed by atoms with Crippen LogP contribution >= 0.6 is 0 Å². The van der Waals surface area contributed by atoms with Crippen molar-refractivity contribution in [3.63, 3.8) is 0 Å². The van der Waals surface area contributed by atoms with E-state index in [2.05, 4.69) is 5.10 Å². The van der Waals surface area contributed by atoms with E-state index in [1.165, 1.54) is 25.0 Å². The molecule has 4 nitrogen and oxygen atoms in total. The molecule has 96 valence electrons. The number of nitrogens with zero attached hydrogens (tertiary/aromatic N) is 2. The quantitative estimate of drug-likeness (QED) is 0.847. The van der Waals surface area contributed by atoms with E-state index >= 15 is 0 Å². The molecule has 1 heterocycles. The van der Waals surface area contributed by atoms with Gasteiger partial charge in [0, 0.05) is 31.9 Å². The molecule has 0 radical (unpaired) electrons. The van der Waals surface area contributed by atoms with Crippen LogP contribution in [0.2, 0.25) is 0 Å². The topological polar surface area (TPSA) is 53.1 Å². The summed E-state index contributed by atoms with van der Waals surface area (Å²) in [6.45, 7) is 1.40. The van der Waals surface area contributed by atoms with Crippen molar-refractivity contribution in [1.82, 2.24) is 9.78 Å². The van der Waals surface area contributed by atoms with Gasteiger partial charge in [0.15, 0.2) is 0 Å². The van der Waals surface area contributed by atoms with Crippen LogP contribution in [0.1, 0.15) is 37.8 Å². The molecular weight excluding hydrogens is 214 g/mol. The van der Waals surface area contributed by atoms with Crippen molar-refractivity contribution in [2.24, 2.45) is 12.8 Å². The molecule has 0 bridgehead atoms. The molecule has 2 N–H and O–H groups in total. The molecule has 0 aliphatic heterocycles.